The van der Waals surface area contributed by atoms with Crippen LogP contribution in [0.1, 0.15) is 28.9 Å². The molecular weight excluding hydrogens is 456 g/mol. The third-order valence-corrected chi connectivity index (χ3v) is 5.17. The Labute approximate surface area is 197 Å². The lowest BCUT2D eigenvalue weighted by Crippen LogP contribution is -2.26. The molecule has 0 radical (unpaired) electrons. The van der Waals surface area contributed by atoms with Gasteiger partial charge in [0.2, 0.25) is 5.95 Å². The fraction of sp³-hybridized carbons (Fsp3) is 0.130. The van der Waals surface area contributed by atoms with Crippen molar-refractivity contribution in [2.75, 3.05) is 23.3 Å². The van der Waals surface area contributed by atoms with Crippen LogP contribution in [0, 0.1) is 22.7 Å². The third-order valence-electron chi connectivity index (χ3n) is 5.17. The van der Waals surface area contributed by atoms with Crippen molar-refractivity contribution in [2.24, 2.45) is 0 Å². The quantitative estimate of drug-likeness (QED) is 0.380. The number of alkyl halides is 2. The Hall–Kier alpha value is -5.10. The van der Waals surface area contributed by atoms with Gasteiger partial charge < -0.3 is 16.8 Å². The van der Waals surface area contributed by atoms with Crippen molar-refractivity contribution in [3.63, 3.8) is 0 Å². The number of nitrogens with two attached hydrogens (primary N) is 2. The number of nitriles is 2. The van der Waals surface area contributed by atoms with E-state index in [1.165, 1.54) is 28.8 Å². The number of nitrogen functional groups attached to an aromatic ring is 2. The maximum absolute atomic E-state index is 13.7. The zero-order valence-electron chi connectivity index (χ0n) is 18.0. The highest BCUT2D eigenvalue weighted by Crippen LogP contribution is 2.26. The number of anilines is 3. The summed E-state index contributed by atoms with van der Waals surface area (Å²) in [7, 11) is 0. The third kappa shape index (κ3) is 4.41. The van der Waals surface area contributed by atoms with E-state index in [1.807, 2.05) is 12.1 Å². The molecule has 0 aliphatic heterocycles. The van der Waals surface area contributed by atoms with Gasteiger partial charge in [0, 0.05) is 18.5 Å². The number of aromatic nitrogens is 4. The number of benzene rings is 2. The molecule has 5 N–H and O–H groups in total. The number of nitrogens with zero attached hydrogens (tertiary/aromatic N) is 6. The first-order valence-electron chi connectivity index (χ1n) is 10.2. The van der Waals surface area contributed by atoms with Gasteiger partial charge in [0.15, 0.2) is 5.82 Å². The summed E-state index contributed by atoms with van der Waals surface area (Å²) < 4.78 is 28.5. The molecule has 174 valence electrons. The summed E-state index contributed by atoms with van der Waals surface area (Å²) in [6.07, 6.45) is -2.76. The maximum atomic E-state index is 13.7. The Morgan fingerprint density at radius 3 is 2.54 bits per heavy atom. The molecular formula is C23H17F2N9O. The molecule has 10 nitrogen and oxygen atoms in total. The van der Waals surface area contributed by atoms with Gasteiger partial charge in [0.05, 0.1) is 28.2 Å². The lowest BCUT2D eigenvalue weighted by molar-refractivity contribution is 0.153. The van der Waals surface area contributed by atoms with Crippen LogP contribution in [0.5, 0.6) is 0 Å². The van der Waals surface area contributed by atoms with E-state index in [2.05, 4.69) is 20.3 Å². The summed E-state index contributed by atoms with van der Waals surface area (Å²) in [5.41, 5.74) is 10.9. The first-order valence-corrected chi connectivity index (χ1v) is 10.2. The minimum absolute atomic E-state index is 0.00589. The molecule has 0 atom stereocenters. The van der Waals surface area contributed by atoms with Gasteiger partial charge in [0.1, 0.15) is 23.3 Å². The van der Waals surface area contributed by atoms with Crippen molar-refractivity contribution in [2.45, 2.75) is 12.8 Å². The van der Waals surface area contributed by atoms with E-state index in [9.17, 15) is 24.1 Å². The number of fused-ring (bicyclic) bond motifs is 1. The molecule has 0 fully saturated rings. The van der Waals surface area contributed by atoms with E-state index in [-0.39, 0.29) is 58.4 Å². The Balaban J connectivity index is 1.82. The summed E-state index contributed by atoms with van der Waals surface area (Å²) >= 11 is 0. The van der Waals surface area contributed by atoms with Crippen LogP contribution in [-0.2, 0) is 6.42 Å². The summed E-state index contributed by atoms with van der Waals surface area (Å²) in [5.74, 6) is 0.136. The summed E-state index contributed by atoms with van der Waals surface area (Å²) in [6.45, 7) is 0.134. The molecule has 2 aromatic carbocycles. The monoisotopic (exact) mass is 473 g/mol. The molecule has 0 saturated heterocycles. The molecule has 0 spiro atoms. The average molecular weight is 473 g/mol. The number of hydrogen-bond donors (Lipinski definition) is 3. The van der Waals surface area contributed by atoms with Crippen molar-refractivity contribution in [1.29, 1.82) is 10.5 Å². The van der Waals surface area contributed by atoms with Gasteiger partial charge in [-0.25, -0.2) is 13.8 Å². The average Bonchev–Trinajstić information content (AvgIpc) is 2.83. The van der Waals surface area contributed by atoms with Gasteiger partial charge in [-0.15, -0.1) is 0 Å². The number of hydrogen-bond acceptors (Lipinski definition) is 9. The van der Waals surface area contributed by atoms with Crippen molar-refractivity contribution >= 4 is 28.5 Å². The van der Waals surface area contributed by atoms with E-state index >= 15 is 0 Å². The van der Waals surface area contributed by atoms with E-state index in [1.54, 1.807) is 18.2 Å². The molecule has 0 unspecified atom stereocenters. The molecule has 0 saturated carbocycles. The first kappa shape index (κ1) is 23.1. The van der Waals surface area contributed by atoms with Crippen LogP contribution in [0.25, 0.3) is 16.6 Å². The number of halogens is 2. The van der Waals surface area contributed by atoms with Crippen LogP contribution in [0.2, 0.25) is 0 Å². The van der Waals surface area contributed by atoms with Crippen LogP contribution in [0.4, 0.5) is 26.4 Å². The highest BCUT2D eigenvalue weighted by Gasteiger charge is 2.20. The predicted molar refractivity (Wildman–Crippen MR) is 125 cm³/mol. The summed E-state index contributed by atoms with van der Waals surface area (Å²) in [4.78, 5) is 25.7. The molecule has 4 rings (SSSR count). The van der Waals surface area contributed by atoms with Crippen LogP contribution in [-0.4, -0.2) is 26.1 Å². The van der Waals surface area contributed by atoms with E-state index < -0.39 is 17.5 Å². The minimum atomic E-state index is -2.88. The van der Waals surface area contributed by atoms with Crippen molar-refractivity contribution in [3.8, 4) is 17.8 Å². The molecule has 12 heteroatoms. The van der Waals surface area contributed by atoms with Gasteiger partial charge in [-0.1, -0.05) is 18.2 Å². The Morgan fingerprint density at radius 2 is 1.83 bits per heavy atom. The van der Waals surface area contributed by atoms with Gasteiger partial charge in [-0.3, -0.25) is 9.36 Å². The van der Waals surface area contributed by atoms with Crippen molar-refractivity contribution in [3.05, 3.63) is 75.3 Å². The van der Waals surface area contributed by atoms with E-state index in [0.29, 0.717) is 5.69 Å². The lowest BCUT2D eigenvalue weighted by atomic mass is 10.1. The Morgan fingerprint density at radius 1 is 1.06 bits per heavy atom. The molecule has 2 aromatic heterocycles. The zero-order valence-corrected chi connectivity index (χ0v) is 18.0. The molecule has 0 bridgehead atoms. The standard InChI is InChI=1S/C23H17F2N9O/c24-19(25)14-5-2-6-16-18(14)22(35)34(13-4-1-3-12(9-13)10-26)17(31-16)7-8-30-21-15(11-27)20(28)32-23(29)33-21/h1-6,9,19H,7-8H2,(H5,28,29,30,32,33). The SMILES string of the molecule is N#Cc1cccc(-n2c(CCNc3nc(N)nc(N)c3C#N)nc3cccc(C(F)F)c3c2=O)c1. The van der Waals surface area contributed by atoms with Gasteiger partial charge in [0.25, 0.3) is 12.0 Å². The number of rotatable bonds is 6. The van der Waals surface area contributed by atoms with E-state index in [4.69, 9.17) is 11.5 Å². The highest BCUT2D eigenvalue weighted by molar-refractivity contribution is 5.82. The van der Waals surface area contributed by atoms with Gasteiger partial charge in [-0.05, 0) is 24.3 Å². The summed E-state index contributed by atoms with van der Waals surface area (Å²) in [5, 5.41) is 21.3. The topological polar surface area (TPSA) is 172 Å². The van der Waals surface area contributed by atoms with E-state index in [0.717, 1.165) is 0 Å². The Kier molecular flexibility index (Phi) is 6.20. The van der Waals surface area contributed by atoms with Crippen LogP contribution < -0.4 is 22.3 Å². The van der Waals surface area contributed by atoms with Crippen LogP contribution >= 0.6 is 0 Å². The molecule has 35 heavy (non-hydrogen) atoms. The normalized spacial score (nSPS) is 10.8. The molecule has 0 amide bonds. The second-order valence-electron chi connectivity index (χ2n) is 7.35. The highest BCUT2D eigenvalue weighted by atomic mass is 19.3. The first-order chi connectivity index (χ1) is 16.8. The van der Waals surface area contributed by atoms with Crippen molar-refractivity contribution < 1.29 is 8.78 Å². The zero-order chi connectivity index (χ0) is 25.1. The van der Waals surface area contributed by atoms with Crippen molar-refractivity contribution in [1.82, 2.24) is 19.5 Å². The minimum Gasteiger partial charge on any atom is -0.382 e. The second-order valence-corrected chi connectivity index (χ2v) is 7.35. The number of nitrogens with one attached hydrogen (secondary N) is 1. The fourth-order valence-electron chi connectivity index (χ4n) is 3.66. The van der Waals surface area contributed by atoms with Crippen LogP contribution in [0.15, 0.2) is 47.3 Å². The summed E-state index contributed by atoms with van der Waals surface area (Å²) in [6, 6.07) is 14.2. The molecule has 0 aliphatic rings. The van der Waals surface area contributed by atoms with Gasteiger partial charge >= 0.3 is 0 Å². The molecule has 0 aliphatic carbocycles. The fourth-order valence-corrected chi connectivity index (χ4v) is 3.66. The molecule has 2 heterocycles. The predicted octanol–water partition coefficient (Wildman–Crippen LogP) is 2.68. The molecule has 4 aromatic rings. The lowest BCUT2D eigenvalue weighted by Gasteiger charge is -2.16. The maximum Gasteiger partial charge on any atom is 0.266 e. The smallest absolute Gasteiger partial charge is 0.266 e. The largest absolute Gasteiger partial charge is 0.382 e. The second kappa shape index (κ2) is 9.41. The van der Waals surface area contributed by atoms with Crippen LogP contribution in [0.3, 0.4) is 0 Å². The van der Waals surface area contributed by atoms with Gasteiger partial charge in [-0.2, -0.15) is 20.5 Å². The Bertz CT molecular complexity index is 1590.